The van der Waals surface area contributed by atoms with Crippen molar-refractivity contribution in [3.63, 3.8) is 0 Å². The Balaban J connectivity index is 0.000000175. The van der Waals surface area contributed by atoms with Gasteiger partial charge >= 0.3 is 12.1 Å². The molecule has 348 valence electrons. The third-order valence-electron chi connectivity index (χ3n) is 10.7. The van der Waals surface area contributed by atoms with E-state index in [0.717, 1.165) is 38.9 Å². The maximum atomic E-state index is 13.7. The van der Waals surface area contributed by atoms with Crippen LogP contribution < -0.4 is 30.7 Å². The minimum atomic E-state index is -0.731. The summed E-state index contributed by atoms with van der Waals surface area (Å²) in [7, 11) is 4.00. The second kappa shape index (κ2) is 20.6. The van der Waals surface area contributed by atoms with Gasteiger partial charge in [0.2, 0.25) is 11.8 Å². The fourth-order valence-electron chi connectivity index (χ4n) is 7.60. The van der Waals surface area contributed by atoms with E-state index in [1.54, 1.807) is 60.7 Å². The summed E-state index contributed by atoms with van der Waals surface area (Å²) in [5, 5.41) is 6.82. The van der Waals surface area contributed by atoms with Crippen molar-refractivity contribution in [1.29, 1.82) is 0 Å². The highest BCUT2D eigenvalue weighted by atomic mass is 19.1. The van der Waals surface area contributed by atoms with Crippen LogP contribution in [0.2, 0.25) is 0 Å². The number of ether oxygens (including phenoxy) is 2. The number of amides is 4. The number of nitrogens with two attached hydrogens (primary N) is 1. The molecule has 0 bridgehead atoms. The molecule has 0 atom stereocenters. The SMILES string of the molecule is CN(C)Cc1c(-c2ccccc2)[nH]c2ncnc(Oc3ccc(N(C(N)=O)c4cccc(F)c4)cc3)c12.O=C(Nc1ccc(Oc2ncnc3[nH]c(-c4ccccc4)cc23)cc1)Nc1cccc(F)c1. The van der Waals surface area contributed by atoms with Crippen LogP contribution in [0.25, 0.3) is 44.6 Å². The molecule has 10 aromatic rings. The van der Waals surface area contributed by atoms with Crippen LogP contribution >= 0.6 is 0 Å². The molecular formula is C53H43F2N11O4. The molecule has 0 aliphatic heterocycles. The third-order valence-corrected chi connectivity index (χ3v) is 10.7. The van der Waals surface area contributed by atoms with Crippen molar-refractivity contribution in [3.8, 4) is 45.8 Å². The Hall–Kier alpha value is -9.48. The Morgan fingerprint density at radius 2 is 1.20 bits per heavy atom. The first-order chi connectivity index (χ1) is 34.0. The van der Waals surface area contributed by atoms with Crippen molar-refractivity contribution in [2.45, 2.75) is 6.54 Å². The normalized spacial score (nSPS) is 10.9. The van der Waals surface area contributed by atoms with Gasteiger partial charge in [0, 0.05) is 29.2 Å². The van der Waals surface area contributed by atoms with Gasteiger partial charge in [-0.3, -0.25) is 4.90 Å². The first-order valence-corrected chi connectivity index (χ1v) is 21.7. The van der Waals surface area contributed by atoms with Crippen LogP contribution in [0, 0.1) is 11.6 Å². The van der Waals surface area contributed by atoms with E-state index in [-0.39, 0.29) is 0 Å². The maximum Gasteiger partial charge on any atom is 0.323 e. The molecule has 0 radical (unpaired) electrons. The number of halogens is 2. The number of H-pyrrole nitrogens is 2. The van der Waals surface area contributed by atoms with E-state index in [1.165, 1.54) is 54.0 Å². The molecule has 0 aliphatic rings. The van der Waals surface area contributed by atoms with Crippen LogP contribution in [-0.4, -0.2) is 61.0 Å². The van der Waals surface area contributed by atoms with Gasteiger partial charge in [-0.25, -0.2) is 38.3 Å². The van der Waals surface area contributed by atoms with E-state index in [0.29, 0.717) is 63.8 Å². The highest BCUT2D eigenvalue weighted by molar-refractivity contribution is 6.00. The first-order valence-electron chi connectivity index (χ1n) is 21.7. The number of primary amides is 1. The molecule has 4 heterocycles. The van der Waals surface area contributed by atoms with Crippen LogP contribution in [0.15, 0.2) is 176 Å². The topological polar surface area (TPSA) is 192 Å². The molecule has 17 heteroatoms. The fourth-order valence-corrected chi connectivity index (χ4v) is 7.60. The molecule has 70 heavy (non-hydrogen) atoms. The van der Waals surface area contributed by atoms with Gasteiger partial charge in [-0.2, -0.15) is 0 Å². The number of carbonyl (C=O) groups excluding carboxylic acids is 2. The summed E-state index contributed by atoms with van der Waals surface area (Å²) in [6.45, 7) is 0.647. The molecule has 0 unspecified atom stereocenters. The lowest BCUT2D eigenvalue weighted by molar-refractivity contribution is 0.256. The van der Waals surface area contributed by atoms with Gasteiger partial charge in [0.1, 0.15) is 47.1 Å². The predicted octanol–water partition coefficient (Wildman–Crippen LogP) is 12.0. The lowest BCUT2D eigenvalue weighted by Gasteiger charge is -2.21. The first kappa shape index (κ1) is 45.7. The molecule has 0 aliphatic carbocycles. The monoisotopic (exact) mass is 935 g/mol. The highest BCUT2D eigenvalue weighted by Crippen LogP contribution is 2.37. The van der Waals surface area contributed by atoms with Crippen molar-refractivity contribution in [2.24, 2.45) is 5.73 Å². The molecular weight excluding hydrogens is 893 g/mol. The van der Waals surface area contributed by atoms with Crippen LogP contribution in [-0.2, 0) is 6.54 Å². The average Bonchev–Trinajstić information content (AvgIpc) is 3.97. The largest absolute Gasteiger partial charge is 0.438 e. The highest BCUT2D eigenvalue weighted by Gasteiger charge is 2.21. The molecule has 0 fully saturated rings. The van der Waals surface area contributed by atoms with Gasteiger partial charge in [-0.15, -0.1) is 0 Å². The van der Waals surface area contributed by atoms with Gasteiger partial charge < -0.3 is 40.7 Å². The average molecular weight is 936 g/mol. The van der Waals surface area contributed by atoms with E-state index in [4.69, 9.17) is 15.2 Å². The smallest absolute Gasteiger partial charge is 0.323 e. The lowest BCUT2D eigenvalue weighted by atomic mass is 10.1. The van der Waals surface area contributed by atoms with Crippen LogP contribution in [0.1, 0.15) is 5.56 Å². The van der Waals surface area contributed by atoms with Gasteiger partial charge in [0.05, 0.1) is 27.8 Å². The Kier molecular flexibility index (Phi) is 13.4. The molecule has 6 N–H and O–H groups in total. The van der Waals surface area contributed by atoms with Gasteiger partial charge in [-0.05, 0) is 116 Å². The van der Waals surface area contributed by atoms with E-state index < -0.39 is 23.7 Å². The summed E-state index contributed by atoms with van der Waals surface area (Å²) in [4.78, 5) is 51.7. The number of urea groups is 2. The summed E-state index contributed by atoms with van der Waals surface area (Å²) in [6, 6.07) is 45.6. The van der Waals surface area contributed by atoms with E-state index in [1.807, 2.05) is 80.8 Å². The minimum Gasteiger partial charge on any atom is -0.438 e. The van der Waals surface area contributed by atoms with E-state index in [9.17, 15) is 18.4 Å². The van der Waals surface area contributed by atoms with Crippen LogP contribution in [0.5, 0.6) is 23.3 Å². The van der Waals surface area contributed by atoms with Gasteiger partial charge in [0.25, 0.3) is 0 Å². The maximum absolute atomic E-state index is 13.7. The zero-order valence-electron chi connectivity index (χ0n) is 37.6. The number of fused-ring (bicyclic) bond motifs is 2. The Labute approximate surface area is 399 Å². The predicted molar refractivity (Wildman–Crippen MR) is 266 cm³/mol. The van der Waals surface area contributed by atoms with Crippen molar-refractivity contribution in [3.05, 3.63) is 194 Å². The second-order valence-corrected chi connectivity index (χ2v) is 15.9. The Morgan fingerprint density at radius 1 is 0.600 bits per heavy atom. The summed E-state index contributed by atoms with van der Waals surface area (Å²) >= 11 is 0. The second-order valence-electron chi connectivity index (χ2n) is 15.9. The Morgan fingerprint density at radius 3 is 1.86 bits per heavy atom. The van der Waals surface area contributed by atoms with Crippen LogP contribution in [0.4, 0.5) is 41.1 Å². The molecule has 4 aromatic heterocycles. The summed E-state index contributed by atoms with van der Waals surface area (Å²) in [6.07, 6.45) is 2.89. The van der Waals surface area contributed by atoms with E-state index in [2.05, 4.69) is 45.4 Å². The number of nitrogens with one attached hydrogen (secondary N) is 4. The molecule has 0 spiro atoms. The van der Waals surface area contributed by atoms with Crippen molar-refractivity contribution in [1.82, 2.24) is 34.8 Å². The third kappa shape index (κ3) is 10.7. The number of rotatable bonds is 12. The summed E-state index contributed by atoms with van der Waals surface area (Å²) < 4.78 is 39.2. The number of carbonyl (C=O) groups is 2. The number of nitrogens with zero attached hydrogens (tertiary/aromatic N) is 6. The Bertz CT molecular complexity index is 3430. The summed E-state index contributed by atoms with van der Waals surface area (Å²) in [5.74, 6) is 0.991. The zero-order chi connectivity index (χ0) is 48.6. The minimum absolute atomic E-state index is 0.327. The van der Waals surface area contributed by atoms with Crippen LogP contribution in [0.3, 0.4) is 0 Å². The quantitative estimate of drug-likeness (QED) is 0.0793. The number of hydrogen-bond donors (Lipinski definition) is 5. The molecule has 0 saturated carbocycles. The van der Waals surface area contributed by atoms with Crippen molar-refractivity contribution in [2.75, 3.05) is 29.6 Å². The molecule has 4 amide bonds. The molecule has 6 aromatic carbocycles. The number of aromatic amines is 2. The number of aromatic nitrogens is 6. The molecule has 15 nitrogen and oxygen atoms in total. The van der Waals surface area contributed by atoms with E-state index >= 15 is 0 Å². The zero-order valence-corrected chi connectivity index (χ0v) is 37.6. The lowest BCUT2D eigenvalue weighted by Crippen LogP contribution is -2.31. The number of hydrogen-bond acceptors (Lipinski definition) is 9. The molecule has 10 rings (SSSR count). The number of anilines is 4. The summed E-state index contributed by atoms with van der Waals surface area (Å²) in [5.41, 5.74) is 13.6. The van der Waals surface area contributed by atoms with Crippen molar-refractivity contribution >= 4 is 56.9 Å². The number of benzene rings is 6. The van der Waals surface area contributed by atoms with Gasteiger partial charge in [-0.1, -0.05) is 72.8 Å². The standard InChI is InChI=1S/C28H25FN6O2.C25H18FN5O2/c1-34(2)16-23-24-26(33-25(23)18-7-4-3-5-8-18)31-17-32-27(24)37-22-13-11-20(12-14-22)35(28(30)36)21-10-6-9-19(29)15-21;26-17-7-4-8-19(13-17)30-25(32)29-18-9-11-20(12-10-18)33-24-21-14-22(16-5-2-1-3-6-16)31-23(21)27-15-28-24/h3-15,17H,16H2,1-2H3,(H2,30,36)(H,31,32,33);1-15H,(H,27,28,31)(H2,29,30,32). The van der Waals surface area contributed by atoms with Crippen molar-refractivity contribution < 1.29 is 27.8 Å². The molecule has 0 saturated heterocycles. The fraction of sp³-hybridized carbons (Fsp3) is 0.0566. The van der Waals surface area contributed by atoms with Gasteiger partial charge in [0.15, 0.2) is 0 Å².